The van der Waals surface area contributed by atoms with E-state index in [1.54, 1.807) is 0 Å². The Bertz CT molecular complexity index is 2790. The van der Waals surface area contributed by atoms with E-state index in [4.69, 9.17) is 0 Å². The van der Waals surface area contributed by atoms with Gasteiger partial charge in [-0.25, -0.2) is 0 Å². The summed E-state index contributed by atoms with van der Waals surface area (Å²) in [5.41, 5.74) is 18.7. The smallest absolute Gasteiger partial charge is 0.0582 e. The zero-order valence-electron chi connectivity index (χ0n) is 26.9. The molecule has 0 radical (unpaired) electrons. The van der Waals surface area contributed by atoms with Crippen molar-refractivity contribution in [1.82, 2.24) is 4.57 Å². The van der Waals surface area contributed by atoms with Crippen molar-refractivity contribution < 1.29 is 0 Å². The molecule has 0 amide bonds. The van der Waals surface area contributed by atoms with E-state index in [0.717, 1.165) is 6.42 Å². The maximum atomic E-state index is 2.49. The Morgan fingerprint density at radius 1 is 0.429 bits per heavy atom. The van der Waals surface area contributed by atoms with Gasteiger partial charge in [-0.1, -0.05) is 140 Å². The number of benzene rings is 8. The summed E-state index contributed by atoms with van der Waals surface area (Å²) < 4.78 is 2.49. The second kappa shape index (κ2) is 10.2. The van der Waals surface area contributed by atoms with Crippen molar-refractivity contribution in [2.75, 3.05) is 0 Å². The van der Waals surface area contributed by atoms with Gasteiger partial charge in [0.15, 0.2) is 0 Å². The second-order valence-corrected chi connectivity index (χ2v) is 13.6. The van der Waals surface area contributed by atoms with Crippen LogP contribution in [0.25, 0.3) is 71.6 Å². The van der Waals surface area contributed by atoms with Crippen LogP contribution in [0.3, 0.4) is 0 Å². The lowest BCUT2D eigenvalue weighted by atomic mass is 9.86. The standard InChI is InChI=1S/C48H31N/c1-2-14-34(15-3-1)49-46-26-22-32(28-44(46)42-25-24-38-36-17-7-5-12-33(36)29-45(38)48(42)49)31-21-23-41-43(27-31)37-18-8-9-19-40(37)47(41)39-20-10-13-30-11-4-6-16-35(30)39/h1-28,47H,29H2. The first-order valence-electron chi connectivity index (χ1n) is 17.3. The van der Waals surface area contributed by atoms with Gasteiger partial charge in [-0.15, -0.1) is 0 Å². The van der Waals surface area contributed by atoms with Gasteiger partial charge >= 0.3 is 0 Å². The molecule has 8 aromatic carbocycles. The Labute approximate surface area is 285 Å². The fourth-order valence-electron chi connectivity index (χ4n) is 8.98. The molecule has 1 heteroatoms. The molecule has 11 rings (SSSR count). The van der Waals surface area contributed by atoms with Gasteiger partial charge in [0.1, 0.15) is 0 Å². The number of para-hydroxylation sites is 1. The van der Waals surface area contributed by atoms with Crippen molar-refractivity contribution in [3.8, 4) is 39.1 Å². The first kappa shape index (κ1) is 26.8. The highest BCUT2D eigenvalue weighted by Gasteiger charge is 2.31. The Morgan fingerprint density at radius 3 is 2.08 bits per heavy atom. The first-order chi connectivity index (χ1) is 24.3. The summed E-state index contributed by atoms with van der Waals surface area (Å²) in [5.74, 6) is 0.212. The van der Waals surface area contributed by atoms with Crippen LogP contribution in [0, 0.1) is 0 Å². The van der Waals surface area contributed by atoms with Gasteiger partial charge < -0.3 is 4.57 Å². The van der Waals surface area contributed by atoms with Crippen molar-refractivity contribution in [2.45, 2.75) is 12.3 Å². The summed E-state index contributed by atoms with van der Waals surface area (Å²) in [6, 6.07) is 63.3. The number of aromatic nitrogens is 1. The summed E-state index contributed by atoms with van der Waals surface area (Å²) >= 11 is 0. The van der Waals surface area contributed by atoms with Crippen LogP contribution < -0.4 is 0 Å². The minimum Gasteiger partial charge on any atom is -0.309 e. The maximum Gasteiger partial charge on any atom is 0.0582 e. The van der Waals surface area contributed by atoms with Gasteiger partial charge in [-0.2, -0.15) is 0 Å². The largest absolute Gasteiger partial charge is 0.309 e. The molecule has 0 saturated carbocycles. The van der Waals surface area contributed by atoms with E-state index >= 15 is 0 Å². The van der Waals surface area contributed by atoms with Gasteiger partial charge in [0.05, 0.1) is 11.0 Å². The lowest BCUT2D eigenvalue weighted by Crippen LogP contribution is -2.00. The molecule has 0 bridgehead atoms. The van der Waals surface area contributed by atoms with Crippen molar-refractivity contribution in [1.29, 1.82) is 0 Å². The van der Waals surface area contributed by atoms with E-state index in [2.05, 4.69) is 174 Å². The van der Waals surface area contributed by atoms with Crippen LogP contribution in [-0.2, 0) is 6.42 Å². The van der Waals surface area contributed by atoms with Crippen LogP contribution in [0.15, 0.2) is 170 Å². The van der Waals surface area contributed by atoms with Gasteiger partial charge in [0, 0.05) is 28.8 Å². The summed E-state index contributed by atoms with van der Waals surface area (Å²) in [6.45, 7) is 0. The molecule has 0 fully saturated rings. The molecule has 49 heavy (non-hydrogen) atoms. The molecule has 1 aromatic heterocycles. The molecule has 0 saturated heterocycles. The number of nitrogens with zero attached hydrogens (tertiary/aromatic N) is 1. The Hall–Kier alpha value is -6.18. The fourth-order valence-corrected chi connectivity index (χ4v) is 8.98. The number of hydrogen-bond donors (Lipinski definition) is 0. The second-order valence-electron chi connectivity index (χ2n) is 13.6. The maximum absolute atomic E-state index is 2.49. The van der Waals surface area contributed by atoms with E-state index in [-0.39, 0.29) is 5.92 Å². The molecular weight excluding hydrogens is 591 g/mol. The molecule has 2 aliphatic rings. The molecule has 1 heterocycles. The number of hydrogen-bond acceptors (Lipinski definition) is 0. The topological polar surface area (TPSA) is 4.93 Å². The van der Waals surface area contributed by atoms with Gasteiger partial charge in [0.2, 0.25) is 0 Å². The van der Waals surface area contributed by atoms with Crippen LogP contribution in [0.1, 0.15) is 33.7 Å². The highest BCUT2D eigenvalue weighted by Crippen LogP contribution is 2.51. The quantitative estimate of drug-likeness (QED) is 0.185. The zero-order chi connectivity index (χ0) is 32.1. The molecular formula is C48H31N. The van der Waals surface area contributed by atoms with Crippen molar-refractivity contribution >= 4 is 32.6 Å². The van der Waals surface area contributed by atoms with Gasteiger partial charge in [0.25, 0.3) is 0 Å². The van der Waals surface area contributed by atoms with E-state index in [0.29, 0.717) is 0 Å². The van der Waals surface area contributed by atoms with E-state index < -0.39 is 0 Å². The van der Waals surface area contributed by atoms with E-state index in [1.807, 2.05) is 0 Å². The van der Waals surface area contributed by atoms with E-state index in [9.17, 15) is 0 Å². The summed E-state index contributed by atoms with van der Waals surface area (Å²) in [4.78, 5) is 0. The van der Waals surface area contributed by atoms with Crippen LogP contribution in [-0.4, -0.2) is 4.57 Å². The third-order valence-electron chi connectivity index (χ3n) is 11.1. The molecule has 228 valence electrons. The minimum atomic E-state index is 0.212. The molecule has 9 aromatic rings. The summed E-state index contributed by atoms with van der Waals surface area (Å²) in [5, 5.41) is 5.23. The molecule has 1 nitrogen and oxygen atoms in total. The Balaban J connectivity index is 1.11. The Morgan fingerprint density at radius 2 is 1.14 bits per heavy atom. The predicted molar refractivity (Wildman–Crippen MR) is 205 cm³/mol. The third-order valence-corrected chi connectivity index (χ3v) is 11.1. The van der Waals surface area contributed by atoms with Crippen molar-refractivity contribution in [3.63, 3.8) is 0 Å². The molecule has 0 spiro atoms. The van der Waals surface area contributed by atoms with Gasteiger partial charge in [-0.3, -0.25) is 0 Å². The van der Waals surface area contributed by atoms with Crippen LogP contribution in [0.5, 0.6) is 0 Å². The highest BCUT2D eigenvalue weighted by molar-refractivity contribution is 6.13. The van der Waals surface area contributed by atoms with Crippen molar-refractivity contribution in [2.24, 2.45) is 0 Å². The van der Waals surface area contributed by atoms with Crippen LogP contribution in [0.4, 0.5) is 0 Å². The molecule has 0 N–H and O–H groups in total. The average molecular weight is 622 g/mol. The lowest BCUT2D eigenvalue weighted by Gasteiger charge is -2.17. The normalized spacial score (nSPS) is 14.2. The molecule has 1 atom stereocenters. The molecule has 2 aliphatic carbocycles. The highest BCUT2D eigenvalue weighted by atomic mass is 15.0. The van der Waals surface area contributed by atoms with Gasteiger partial charge in [-0.05, 0) is 102 Å². The van der Waals surface area contributed by atoms with Crippen LogP contribution >= 0.6 is 0 Å². The summed E-state index contributed by atoms with van der Waals surface area (Å²) in [6.07, 6.45) is 0.959. The first-order valence-corrected chi connectivity index (χ1v) is 17.3. The van der Waals surface area contributed by atoms with Crippen LogP contribution in [0.2, 0.25) is 0 Å². The zero-order valence-corrected chi connectivity index (χ0v) is 26.9. The van der Waals surface area contributed by atoms with Crippen molar-refractivity contribution in [3.05, 3.63) is 198 Å². The molecule has 1 unspecified atom stereocenters. The SMILES string of the molecule is c1ccc(-n2c3ccc(-c4ccc5c(c4)-c4ccccc4C5c4cccc5ccccc45)cc3c3ccc4c(c32)Cc2ccccc2-4)cc1. The minimum absolute atomic E-state index is 0.212. The molecule has 0 aliphatic heterocycles. The summed E-state index contributed by atoms with van der Waals surface area (Å²) in [7, 11) is 0. The third kappa shape index (κ3) is 3.82. The predicted octanol–water partition coefficient (Wildman–Crippen LogP) is 12.3. The Kier molecular flexibility index (Phi) is 5.57. The average Bonchev–Trinajstić information content (AvgIpc) is 3.82. The number of rotatable bonds is 3. The fraction of sp³-hybridized carbons (Fsp3) is 0.0417. The lowest BCUT2D eigenvalue weighted by molar-refractivity contribution is 1.03. The van der Waals surface area contributed by atoms with E-state index in [1.165, 1.54) is 99.5 Å². The monoisotopic (exact) mass is 621 g/mol. The number of fused-ring (bicyclic) bond motifs is 11.